The fraction of sp³-hybridized carbons (Fsp3) is 0.600. The van der Waals surface area contributed by atoms with Gasteiger partial charge in [0.15, 0.2) is 0 Å². The molecular weight excluding hydrogens is 208 g/mol. The minimum Gasteiger partial charge on any atom is -0.384 e. The topological polar surface area (TPSA) is 15.3 Å². The first-order valence-corrected chi connectivity index (χ1v) is 6.64. The molecule has 1 N–H and O–H groups in total. The van der Waals surface area contributed by atoms with Crippen molar-refractivity contribution in [1.82, 2.24) is 4.90 Å². The molecule has 1 aliphatic rings. The fourth-order valence-electron chi connectivity index (χ4n) is 2.46. The van der Waals surface area contributed by atoms with E-state index in [-0.39, 0.29) is 0 Å². The molecule has 0 bridgehead atoms. The van der Waals surface area contributed by atoms with Gasteiger partial charge in [-0.05, 0) is 37.4 Å². The van der Waals surface area contributed by atoms with E-state index < -0.39 is 0 Å². The molecule has 0 saturated heterocycles. The summed E-state index contributed by atoms with van der Waals surface area (Å²) in [6.45, 7) is 9.01. The van der Waals surface area contributed by atoms with E-state index >= 15 is 0 Å². The summed E-state index contributed by atoms with van der Waals surface area (Å²) < 4.78 is 0. The molecule has 1 aromatic carbocycles. The summed E-state index contributed by atoms with van der Waals surface area (Å²) in [7, 11) is 2.22. The van der Waals surface area contributed by atoms with Gasteiger partial charge in [-0.25, -0.2) is 0 Å². The number of nitrogens with one attached hydrogen (secondary N) is 1. The molecule has 17 heavy (non-hydrogen) atoms. The van der Waals surface area contributed by atoms with E-state index in [1.165, 1.54) is 23.2 Å². The molecular formula is C15H24N2. The molecule has 1 unspecified atom stereocenters. The largest absolute Gasteiger partial charge is 0.384 e. The van der Waals surface area contributed by atoms with Crippen LogP contribution in [0.1, 0.15) is 31.9 Å². The molecule has 2 heteroatoms. The predicted molar refractivity (Wildman–Crippen MR) is 74.4 cm³/mol. The minimum absolute atomic E-state index is 0.618. The van der Waals surface area contributed by atoms with E-state index in [0.717, 1.165) is 13.1 Å². The second kappa shape index (κ2) is 5.09. The third kappa shape index (κ3) is 2.63. The summed E-state index contributed by atoms with van der Waals surface area (Å²) in [5, 5.41) is 3.52. The smallest absolute Gasteiger partial charge is 0.0419 e. The van der Waals surface area contributed by atoms with Gasteiger partial charge in [-0.2, -0.15) is 0 Å². The first-order valence-electron chi connectivity index (χ1n) is 6.64. The fourth-order valence-corrected chi connectivity index (χ4v) is 2.46. The number of anilines is 1. The van der Waals surface area contributed by atoms with Gasteiger partial charge in [0.05, 0.1) is 0 Å². The van der Waals surface area contributed by atoms with Gasteiger partial charge in [-0.3, -0.25) is 4.90 Å². The third-order valence-corrected chi connectivity index (χ3v) is 4.01. The van der Waals surface area contributed by atoms with Crippen LogP contribution >= 0.6 is 0 Å². The van der Waals surface area contributed by atoms with Gasteiger partial charge in [0.2, 0.25) is 0 Å². The number of rotatable bonds is 4. The first-order chi connectivity index (χ1) is 8.09. The van der Waals surface area contributed by atoms with Crippen LogP contribution in [-0.2, 0) is 13.0 Å². The molecule has 94 valence electrons. The molecule has 1 aliphatic heterocycles. The first kappa shape index (κ1) is 12.4. The maximum atomic E-state index is 3.52. The Morgan fingerprint density at radius 1 is 1.29 bits per heavy atom. The van der Waals surface area contributed by atoms with Gasteiger partial charge in [0.25, 0.3) is 0 Å². The van der Waals surface area contributed by atoms with Gasteiger partial charge in [-0.15, -0.1) is 0 Å². The van der Waals surface area contributed by atoms with Crippen LogP contribution in [0.2, 0.25) is 0 Å². The van der Waals surface area contributed by atoms with Crippen LogP contribution < -0.4 is 5.32 Å². The summed E-state index contributed by atoms with van der Waals surface area (Å²) in [5.74, 6) is 0.699. The molecule has 0 fully saturated rings. The van der Waals surface area contributed by atoms with Crippen molar-refractivity contribution >= 4 is 5.69 Å². The lowest BCUT2D eigenvalue weighted by atomic mass is 10.0. The van der Waals surface area contributed by atoms with Crippen LogP contribution in [0.25, 0.3) is 0 Å². The van der Waals surface area contributed by atoms with E-state index in [1.807, 2.05) is 0 Å². The summed E-state index contributed by atoms with van der Waals surface area (Å²) in [6.07, 6.45) is 1.17. The van der Waals surface area contributed by atoms with E-state index in [9.17, 15) is 0 Å². The molecule has 1 heterocycles. The summed E-state index contributed by atoms with van der Waals surface area (Å²) in [6, 6.07) is 7.30. The predicted octanol–water partition coefficient (Wildman–Crippen LogP) is 3.13. The van der Waals surface area contributed by atoms with Crippen molar-refractivity contribution in [2.75, 3.05) is 18.9 Å². The van der Waals surface area contributed by atoms with E-state index in [2.05, 4.69) is 56.2 Å². The lowest BCUT2D eigenvalue weighted by Crippen LogP contribution is -2.32. The summed E-state index contributed by atoms with van der Waals surface area (Å²) >= 11 is 0. The van der Waals surface area contributed by atoms with Crippen molar-refractivity contribution in [3.8, 4) is 0 Å². The Hall–Kier alpha value is -1.02. The van der Waals surface area contributed by atoms with Gasteiger partial charge < -0.3 is 5.32 Å². The molecule has 0 aliphatic carbocycles. The van der Waals surface area contributed by atoms with Crippen LogP contribution in [0.5, 0.6) is 0 Å². The number of nitrogens with zero attached hydrogens (tertiary/aromatic N) is 1. The maximum Gasteiger partial charge on any atom is 0.0419 e. The van der Waals surface area contributed by atoms with E-state index in [0.29, 0.717) is 12.0 Å². The number of benzene rings is 1. The third-order valence-electron chi connectivity index (χ3n) is 4.01. The Morgan fingerprint density at radius 3 is 2.76 bits per heavy atom. The van der Waals surface area contributed by atoms with Gasteiger partial charge >= 0.3 is 0 Å². The van der Waals surface area contributed by atoms with Crippen LogP contribution in [0.3, 0.4) is 0 Å². The van der Waals surface area contributed by atoms with Crippen LogP contribution in [0.4, 0.5) is 5.69 Å². The zero-order chi connectivity index (χ0) is 12.4. The minimum atomic E-state index is 0.618. The second-order valence-electron chi connectivity index (χ2n) is 5.53. The van der Waals surface area contributed by atoms with E-state index in [1.54, 1.807) is 0 Å². The van der Waals surface area contributed by atoms with Crippen molar-refractivity contribution < 1.29 is 0 Å². The number of para-hydroxylation sites is 1. The zero-order valence-electron chi connectivity index (χ0n) is 11.5. The SMILES string of the molecule is CC(C)C(C)N(C)Cc1cccc2c1NCC2. The molecule has 2 nitrogen and oxygen atoms in total. The second-order valence-corrected chi connectivity index (χ2v) is 5.53. The van der Waals surface area contributed by atoms with Gasteiger partial charge in [-0.1, -0.05) is 32.0 Å². The molecule has 0 amide bonds. The lowest BCUT2D eigenvalue weighted by Gasteiger charge is -2.28. The van der Waals surface area contributed by atoms with E-state index in [4.69, 9.17) is 0 Å². The van der Waals surface area contributed by atoms with Crippen LogP contribution in [0.15, 0.2) is 18.2 Å². The molecule has 0 saturated carbocycles. The molecule has 0 aromatic heterocycles. The van der Waals surface area contributed by atoms with Crippen molar-refractivity contribution in [2.45, 2.75) is 39.8 Å². The van der Waals surface area contributed by atoms with Crippen molar-refractivity contribution in [3.05, 3.63) is 29.3 Å². The average molecular weight is 232 g/mol. The van der Waals surface area contributed by atoms with Crippen molar-refractivity contribution in [2.24, 2.45) is 5.92 Å². The monoisotopic (exact) mass is 232 g/mol. The highest BCUT2D eigenvalue weighted by Gasteiger charge is 2.17. The normalized spacial score (nSPS) is 16.1. The summed E-state index contributed by atoms with van der Waals surface area (Å²) in [4.78, 5) is 2.44. The van der Waals surface area contributed by atoms with Crippen LogP contribution in [-0.4, -0.2) is 24.5 Å². The Morgan fingerprint density at radius 2 is 2.06 bits per heavy atom. The standard InChI is InChI=1S/C15H24N2/c1-11(2)12(3)17(4)10-14-7-5-6-13-8-9-16-15(13)14/h5-7,11-12,16H,8-10H2,1-4H3. The highest BCUT2D eigenvalue weighted by Crippen LogP contribution is 2.27. The molecule has 1 atom stereocenters. The summed E-state index contributed by atoms with van der Waals surface area (Å²) in [5.41, 5.74) is 4.30. The molecule has 1 aromatic rings. The van der Waals surface area contributed by atoms with Crippen LogP contribution in [0, 0.1) is 5.92 Å². The lowest BCUT2D eigenvalue weighted by molar-refractivity contribution is 0.201. The zero-order valence-corrected chi connectivity index (χ0v) is 11.5. The van der Waals surface area contributed by atoms with Gasteiger partial charge in [0.1, 0.15) is 0 Å². The number of fused-ring (bicyclic) bond motifs is 1. The Kier molecular flexibility index (Phi) is 3.72. The highest BCUT2D eigenvalue weighted by molar-refractivity contribution is 5.61. The maximum absolute atomic E-state index is 3.52. The highest BCUT2D eigenvalue weighted by atomic mass is 15.1. The van der Waals surface area contributed by atoms with Crippen molar-refractivity contribution in [3.63, 3.8) is 0 Å². The molecule has 0 spiro atoms. The number of hydrogen-bond acceptors (Lipinski definition) is 2. The molecule has 2 rings (SSSR count). The quantitative estimate of drug-likeness (QED) is 0.858. The Bertz CT molecular complexity index is 385. The Labute approximate surface area is 105 Å². The van der Waals surface area contributed by atoms with Crippen molar-refractivity contribution in [1.29, 1.82) is 0 Å². The molecule has 0 radical (unpaired) electrons. The van der Waals surface area contributed by atoms with Gasteiger partial charge in [0, 0.05) is 24.8 Å². The Balaban J connectivity index is 2.11. The average Bonchev–Trinajstić information content (AvgIpc) is 2.76. The number of hydrogen-bond donors (Lipinski definition) is 1.